The SMILES string of the molecule is CNC(=O)/C=C/c1ccc(NCCc2c(C)[nH]c3ccccc23)cc1. The van der Waals surface area contributed by atoms with Gasteiger partial charge in [0.15, 0.2) is 0 Å². The lowest BCUT2D eigenvalue weighted by molar-refractivity contribution is -0.115. The van der Waals surface area contributed by atoms with Gasteiger partial charge in [-0.25, -0.2) is 0 Å². The summed E-state index contributed by atoms with van der Waals surface area (Å²) in [6, 6.07) is 16.5. The van der Waals surface area contributed by atoms with E-state index in [4.69, 9.17) is 0 Å². The minimum Gasteiger partial charge on any atom is -0.385 e. The molecule has 0 bridgehead atoms. The van der Waals surface area contributed by atoms with E-state index in [1.807, 2.05) is 24.3 Å². The zero-order valence-electron chi connectivity index (χ0n) is 14.6. The van der Waals surface area contributed by atoms with Crippen LogP contribution in [0.2, 0.25) is 0 Å². The Hall–Kier alpha value is -3.01. The number of hydrogen-bond acceptors (Lipinski definition) is 2. The van der Waals surface area contributed by atoms with E-state index in [-0.39, 0.29) is 5.91 Å². The summed E-state index contributed by atoms with van der Waals surface area (Å²) in [5.74, 6) is -0.101. The number of amides is 1. The number of rotatable bonds is 6. The van der Waals surface area contributed by atoms with Gasteiger partial charge in [0.05, 0.1) is 0 Å². The third-order valence-corrected chi connectivity index (χ3v) is 4.32. The largest absolute Gasteiger partial charge is 0.385 e. The van der Waals surface area contributed by atoms with Crippen LogP contribution < -0.4 is 10.6 Å². The number of nitrogens with one attached hydrogen (secondary N) is 3. The number of benzene rings is 2. The van der Waals surface area contributed by atoms with E-state index in [1.165, 1.54) is 28.2 Å². The Morgan fingerprint density at radius 1 is 1.12 bits per heavy atom. The summed E-state index contributed by atoms with van der Waals surface area (Å²) in [5, 5.41) is 7.33. The Morgan fingerprint density at radius 2 is 1.88 bits per heavy atom. The number of likely N-dealkylation sites (N-methyl/N-ethyl adjacent to an activating group) is 1. The molecule has 1 heterocycles. The fraction of sp³-hybridized carbons (Fsp3) is 0.190. The summed E-state index contributed by atoms with van der Waals surface area (Å²) in [4.78, 5) is 14.7. The van der Waals surface area contributed by atoms with Gasteiger partial charge in [-0.1, -0.05) is 30.3 Å². The molecule has 0 atom stereocenters. The number of aromatic nitrogens is 1. The third kappa shape index (κ3) is 4.10. The van der Waals surface area contributed by atoms with Gasteiger partial charge in [0.25, 0.3) is 0 Å². The van der Waals surface area contributed by atoms with Crippen LogP contribution in [0, 0.1) is 6.92 Å². The minimum absolute atomic E-state index is 0.101. The van der Waals surface area contributed by atoms with E-state index in [0.29, 0.717) is 0 Å². The number of para-hydroxylation sites is 1. The molecule has 25 heavy (non-hydrogen) atoms. The van der Waals surface area contributed by atoms with Crippen molar-refractivity contribution >= 4 is 28.6 Å². The van der Waals surface area contributed by atoms with Crippen molar-refractivity contribution in [1.82, 2.24) is 10.3 Å². The summed E-state index contributed by atoms with van der Waals surface area (Å²) in [6.07, 6.45) is 4.30. The first kappa shape index (κ1) is 16.8. The van der Waals surface area contributed by atoms with Crippen LogP contribution in [0.15, 0.2) is 54.6 Å². The number of aromatic amines is 1. The first-order valence-corrected chi connectivity index (χ1v) is 8.47. The van der Waals surface area contributed by atoms with Crippen LogP contribution in [0.3, 0.4) is 0 Å². The highest BCUT2D eigenvalue weighted by molar-refractivity contribution is 5.91. The predicted molar refractivity (Wildman–Crippen MR) is 105 cm³/mol. The maximum absolute atomic E-state index is 11.2. The predicted octanol–water partition coefficient (Wildman–Crippen LogP) is 3.89. The van der Waals surface area contributed by atoms with E-state index < -0.39 is 0 Å². The zero-order valence-corrected chi connectivity index (χ0v) is 14.6. The molecule has 2 aromatic carbocycles. The van der Waals surface area contributed by atoms with E-state index in [0.717, 1.165) is 24.2 Å². The summed E-state index contributed by atoms with van der Waals surface area (Å²) in [7, 11) is 1.62. The van der Waals surface area contributed by atoms with Crippen molar-refractivity contribution in [2.75, 3.05) is 18.9 Å². The van der Waals surface area contributed by atoms with Crippen molar-refractivity contribution in [2.24, 2.45) is 0 Å². The number of hydrogen-bond donors (Lipinski definition) is 3. The van der Waals surface area contributed by atoms with Crippen LogP contribution in [-0.2, 0) is 11.2 Å². The van der Waals surface area contributed by atoms with Crippen molar-refractivity contribution in [1.29, 1.82) is 0 Å². The number of H-pyrrole nitrogens is 1. The normalized spacial score (nSPS) is 11.1. The number of carbonyl (C=O) groups excluding carboxylic acids is 1. The Kier molecular flexibility index (Phi) is 5.19. The van der Waals surface area contributed by atoms with Crippen LogP contribution in [0.1, 0.15) is 16.8 Å². The van der Waals surface area contributed by atoms with Gasteiger partial charge < -0.3 is 15.6 Å². The highest BCUT2D eigenvalue weighted by atomic mass is 16.1. The molecule has 0 aliphatic heterocycles. The summed E-state index contributed by atoms with van der Waals surface area (Å²) in [6.45, 7) is 3.00. The van der Waals surface area contributed by atoms with Crippen molar-refractivity contribution in [3.05, 3.63) is 71.4 Å². The van der Waals surface area contributed by atoms with Gasteiger partial charge in [-0.05, 0) is 48.7 Å². The van der Waals surface area contributed by atoms with Crippen LogP contribution in [0.25, 0.3) is 17.0 Å². The molecule has 4 nitrogen and oxygen atoms in total. The third-order valence-electron chi connectivity index (χ3n) is 4.32. The van der Waals surface area contributed by atoms with E-state index in [9.17, 15) is 4.79 Å². The molecule has 0 saturated carbocycles. The zero-order chi connectivity index (χ0) is 17.6. The maximum atomic E-state index is 11.2. The lowest BCUT2D eigenvalue weighted by Crippen LogP contribution is -2.13. The highest BCUT2D eigenvalue weighted by Crippen LogP contribution is 2.22. The molecule has 0 saturated heterocycles. The van der Waals surface area contributed by atoms with Crippen LogP contribution in [-0.4, -0.2) is 24.5 Å². The van der Waals surface area contributed by atoms with Gasteiger partial charge >= 0.3 is 0 Å². The van der Waals surface area contributed by atoms with Crippen molar-refractivity contribution < 1.29 is 4.79 Å². The fourth-order valence-electron chi connectivity index (χ4n) is 2.96. The molecule has 3 rings (SSSR count). The number of carbonyl (C=O) groups is 1. The van der Waals surface area contributed by atoms with E-state index in [2.05, 4.69) is 46.8 Å². The molecule has 0 aliphatic carbocycles. The second-order valence-corrected chi connectivity index (χ2v) is 6.02. The van der Waals surface area contributed by atoms with Gasteiger partial charge in [0.2, 0.25) is 5.91 Å². The van der Waals surface area contributed by atoms with Gasteiger partial charge in [-0.3, -0.25) is 4.79 Å². The maximum Gasteiger partial charge on any atom is 0.243 e. The lowest BCUT2D eigenvalue weighted by atomic mass is 10.1. The molecule has 0 aliphatic rings. The first-order valence-electron chi connectivity index (χ1n) is 8.47. The monoisotopic (exact) mass is 333 g/mol. The number of aryl methyl sites for hydroxylation is 1. The van der Waals surface area contributed by atoms with Gasteiger partial charge in [0, 0.05) is 42.0 Å². The summed E-state index contributed by atoms with van der Waals surface area (Å²) < 4.78 is 0. The van der Waals surface area contributed by atoms with Gasteiger partial charge in [-0.2, -0.15) is 0 Å². The molecule has 1 amide bonds. The molecular formula is C21H23N3O. The highest BCUT2D eigenvalue weighted by Gasteiger charge is 2.07. The second kappa shape index (κ2) is 7.71. The molecule has 0 fully saturated rings. The van der Waals surface area contributed by atoms with Crippen LogP contribution in [0.5, 0.6) is 0 Å². The second-order valence-electron chi connectivity index (χ2n) is 6.02. The Bertz CT molecular complexity index is 891. The van der Waals surface area contributed by atoms with Crippen LogP contribution >= 0.6 is 0 Å². The Balaban J connectivity index is 1.59. The molecule has 3 N–H and O–H groups in total. The van der Waals surface area contributed by atoms with Crippen LogP contribution in [0.4, 0.5) is 5.69 Å². The number of fused-ring (bicyclic) bond motifs is 1. The van der Waals surface area contributed by atoms with Crippen molar-refractivity contribution in [3.63, 3.8) is 0 Å². The lowest BCUT2D eigenvalue weighted by Gasteiger charge is -2.07. The van der Waals surface area contributed by atoms with Crippen molar-refractivity contribution in [2.45, 2.75) is 13.3 Å². The molecule has 0 radical (unpaired) electrons. The van der Waals surface area contributed by atoms with Gasteiger partial charge in [0.1, 0.15) is 0 Å². The first-order chi connectivity index (χ1) is 12.2. The van der Waals surface area contributed by atoms with E-state index in [1.54, 1.807) is 13.1 Å². The molecule has 128 valence electrons. The van der Waals surface area contributed by atoms with Crippen molar-refractivity contribution in [3.8, 4) is 0 Å². The molecule has 4 heteroatoms. The topological polar surface area (TPSA) is 56.9 Å². The smallest absolute Gasteiger partial charge is 0.243 e. The average Bonchev–Trinajstić information content (AvgIpc) is 2.96. The van der Waals surface area contributed by atoms with E-state index >= 15 is 0 Å². The molecule has 0 unspecified atom stereocenters. The Morgan fingerprint density at radius 3 is 2.64 bits per heavy atom. The molecular weight excluding hydrogens is 310 g/mol. The molecule has 1 aromatic heterocycles. The summed E-state index contributed by atoms with van der Waals surface area (Å²) >= 11 is 0. The Labute approximate surface area is 148 Å². The average molecular weight is 333 g/mol. The summed E-state index contributed by atoms with van der Waals surface area (Å²) in [5.41, 5.74) is 5.88. The molecule has 3 aromatic rings. The quantitative estimate of drug-likeness (QED) is 0.599. The number of anilines is 1. The van der Waals surface area contributed by atoms with Gasteiger partial charge in [-0.15, -0.1) is 0 Å². The minimum atomic E-state index is -0.101. The standard InChI is InChI=1S/C21H23N3O/c1-15-18(19-5-3-4-6-20(19)24-15)13-14-23-17-10-7-16(8-11-17)9-12-21(25)22-2/h3-12,23-24H,13-14H2,1-2H3,(H,22,25)/b12-9+. The molecule has 0 spiro atoms. The fourth-order valence-corrected chi connectivity index (χ4v) is 2.96.